The molecule has 0 fully saturated rings. The molecule has 5 aromatic rings. The molecule has 2 aromatic heterocycles. The summed E-state index contributed by atoms with van der Waals surface area (Å²) in [6, 6.07) is 29.7. The molecular weight excluding hydrogens is 428 g/mol. The molecule has 1 amide bonds. The van der Waals surface area contributed by atoms with Crippen molar-refractivity contribution in [2.45, 2.75) is 6.61 Å². The van der Waals surface area contributed by atoms with Crippen LogP contribution in [0, 0.1) is 0 Å². The van der Waals surface area contributed by atoms with Crippen LogP contribution in [0.2, 0.25) is 0 Å². The fourth-order valence-corrected chi connectivity index (χ4v) is 3.35. The van der Waals surface area contributed by atoms with Crippen molar-refractivity contribution in [1.82, 2.24) is 15.1 Å². The number of para-hydroxylation sites is 1. The molecule has 0 bridgehead atoms. The van der Waals surface area contributed by atoms with Crippen LogP contribution in [0.15, 0.2) is 108 Å². The Morgan fingerprint density at radius 2 is 1.62 bits per heavy atom. The van der Waals surface area contributed by atoms with Gasteiger partial charge in [0.2, 0.25) is 5.82 Å². The van der Waals surface area contributed by atoms with Crippen molar-refractivity contribution < 1.29 is 14.1 Å². The van der Waals surface area contributed by atoms with Gasteiger partial charge < -0.3 is 14.6 Å². The van der Waals surface area contributed by atoms with Crippen LogP contribution in [0.5, 0.6) is 5.75 Å². The monoisotopic (exact) mass is 448 g/mol. The van der Waals surface area contributed by atoms with Crippen molar-refractivity contribution in [3.05, 3.63) is 114 Å². The molecular formula is C27H20N4O3. The number of anilines is 1. The van der Waals surface area contributed by atoms with Crippen molar-refractivity contribution in [1.29, 1.82) is 0 Å². The maximum Gasteiger partial charge on any atom is 0.260 e. The van der Waals surface area contributed by atoms with Gasteiger partial charge in [0.25, 0.3) is 11.8 Å². The Morgan fingerprint density at radius 1 is 0.853 bits per heavy atom. The zero-order chi connectivity index (χ0) is 23.2. The smallest absolute Gasteiger partial charge is 0.260 e. The summed E-state index contributed by atoms with van der Waals surface area (Å²) >= 11 is 0. The van der Waals surface area contributed by atoms with E-state index in [9.17, 15) is 4.79 Å². The van der Waals surface area contributed by atoms with Crippen LogP contribution in [0.3, 0.4) is 0 Å². The van der Waals surface area contributed by atoms with E-state index in [0.29, 0.717) is 46.6 Å². The number of aromatic nitrogens is 3. The fraction of sp³-hybridized carbons (Fsp3) is 0.0370. The number of benzene rings is 3. The van der Waals surface area contributed by atoms with Gasteiger partial charge in [0.1, 0.15) is 18.1 Å². The fourth-order valence-electron chi connectivity index (χ4n) is 3.35. The molecule has 0 saturated heterocycles. The van der Waals surface area contributed by atoms with Gasteiger partial charge in [0.15, 0.2) is 0 Å². The van der Waals surface area contributed by atoms with Gasteiger partial charge in [-0.2, -0.15) is 4.98 Å². The molecule has 0 unspecified atom stereocenters. The molecule has 0 aliphatic heterocycles. The first-order chi connectivity index (χ1) is 16.8. The number of carbonyl (C=O) groups is 1. The summed E-state index contributed by atoms with van der Waals surface area (Å²) in [4.78, 5) is 21.6. The summed E-state index contributed by atoms with van der Waals surface area (Å²) in [5.74, 6) is 1.10. The molecule has 0 radical (unpaired) electrons. The third kappa shape index (κ3) is 4.83. The lowest BCUT2D eigenvalue weighted by molar-refractivity contribution is 0.102. The van der Waals surface area contributed by atoms with Gasteiger partial charge in [0, 0.05) is 11.8 Å². The first kappa shape index (κ1) is 21.1. The lowest BCUT2D eigenvalue weighted by Crippen LogP contribution is -2.12. The van der Waals surface area contributed by atoms with Crippen LogP contribution in [0.4, 0.5) is 5.69 Å². The van der Waals surface area contributed by atoms with E-state index in [1.165, 1.54) is 0 Å². The number of amides is 1. The van der Waals surface area contributed by atoms with E-state index in [1.807, 2.05) is 60.7 Å². The highest BCUT2D eigenvalue weighted by molar-refractivity contribution is 6.06. The number of pyridine rings is 1. The molecule has 0 spiro atoms. The Hall–Kier alpha value is -4.78. The first-order valence-corrected chi connectivity index (χ1v) is 10.7. The molecule has 34 heavy (non-hydrogen) atoms. The molecule has 166 valence electrons. The Bertz CT molecular complexity index is 1380. The van der Waals surface area contributed by atoms with Crippen molar-refractivity contribution in [3.8, 4) is 28.7 Å². The van der Waals surface area contributed by atoms with E-state index in [0.717, 1.165) is 5.56 Å². The number of carbonyl (C=O) groups excluding carboxylic acids is 1. The zero-order valence-electron chi connectivity index (χ0n) is 18.1. The van der Waals surface area contributed by atoms with Crippen molar-refractivity contribution in [2.75, 3.05) is 5.32 Å². The van der Waals surface area contributed by atoms with Crippen molar-refractivity contribution in [2.24, 2.45) is 0 Å². The van der Waals surface area contributed by atoms with Gasteiger partial charge in [-0.3, -0.25) is 9.78 Å². The second-order valence-corrected chi connectivity index (χ2v) is 7.44. The minimum absolute atomic E-state index is 0.258. The highest BCUT2D eigenvalue weighted by Crippen LogP contribution is 2.28. The van der Waals surface area contributed by atoms with Crippen LogP contribution in [-0.4, -0.2) is 21.0 Å². The highest BCUT2D eigenvalue weighted by Gasteiger charge is 2.16. The van der Waals surface area contributed by atoms with Crippen LogP contribution < -0.4 is 10.1 Å². The number of nitrogens with zero attached hydrogens (tertiary/aromatic N) is 3. The van der Waals surface area contributed by atoms with Gasteiger partial charge in [-0.25, -0.2) is 0 Å². The minimum atomic E-state index is -0.258. The Labute approximate surface area is 196 Å². The van der Waals surface area contributed by atoms with Crippen LogP contribution in [-0.2, 0) is 6.61 Å². The predicted octanol–water partition coefficient (Wildman–Crippen LogP) is 5.63. The van der Waals surface area contributed by atoms with Crippen molar-refractivity contribution >= 4 is 11.6 Å². The average Bonchev–Trinajstić information content (AvgIpc) is 3.39. The zero-order valence-corrected chi connectivity index (χ0v) is 18.1. The maximum atomic E-state index is 12.9. The molecule has 7 nitrogen and oxygen atoms in total. The lowest BCUT2D eigenvalue weighted by Gasteiger charge is -2.10. The SMILES string of the molecule is O=C(Nc1ccccc1-c1nc(-c2ccccn2)no1)c1ccc(OCc2ccccc2)cc1. The van der Waals surface area contributed by atoms with Gasteiger partial charge in [-0.15, -0.1) is 0 Å². The van der Waals surface area contributed by atoms with Gasteiger partial charge in [0.05, 0.1) is 11.3 Å². The number of rotatable bonds is 7. The quantitative estimate of drug-likeness (QED) is 0.347. The third-order valence-corrected chi connectivity index (χ3v) is 5.09. The Balaban J connectivity index is 1.29. The normalized spacial score (nSPS) is 10.6. The number of ether oxygens (including phenoxy) is 1. The summed E-state index contributed by atoms with van der Waals surface area (Å²) in [7, 11) is 0. The number of hydrogen-bond donors (Lipinski definition) is 1. The predicted molar refractivity (Wildman–Crippen MR) is 128 cm³/mol. The number of nitrogens with one attached hydrogen (secondary N) is 1. The Kier molecular flexibility index (Phi) is 6.07. The largest absolute Gasteiger partial charge is 0.489 e. The van der Waals surface area contributed by atoms with Gasteiger partial charge in [-0.05, 0) is 54.1 Å². The molecule has 7 heteroatoms. The number of hydrogen-bond acceptors (Lipinski definition) is 6. The van der Waals surface area contributed by atoms with E-state index in [-0.39, 0.29) is 5.91 Å². The second-order valence-electron chi connectivity index (χ2n) is 7.44. The van der Waals surface area contributed by atoms with Crippen molar-refractivity contribution in [3.63, 3.8) is 0 Å². The molecule has 5 rings (SSSR count). The maximum absolute atomic E-state index is 12.9. The van der Waals surface area contributed by atoms with Gasteiger partial charge >= 0.3 is 0 Å². The summed E-state index contributed by atoms with van der Waals surface area (Å²) in [6.45, 7) is 0.463. The minimum Gasteiger partial charge on any atom is -0.489 e. The van der Waals surface area contributed by atoms with E-state index < -0.39 is 0 Å². The molecule has 3 aromatic carbocycles. The standard InChI is InChI=1S/C27H20N4O3/c32-26(20-13-15-21(16-14-20)33-18-19-8-2-1-3-9-19)29-23-11-5-4-10-22(23)27-30-25(31-34-27)24-12-6-7-17-28-24/h1-17H,18H2,(H,29,32). The Morgan fingerprint density at radius 3 is 2.41 bits per heavy atom. The summed E-state index contributed by atoms with van der Waals surface area (Å²) < 4.78 is 11.2. The summed E-state index contributed by atoms with van der Waals surface area (Å²) in [6.07, 6.45) is 1.66. The second kappa shape index (κ2) is 9.79. The summed E-state index contributed by atoms with van der Waals surface area (Å²) in [5.41, 5.74) is 3.37. The molecule has 2 heterocycles. The molecule has 0 atom stereocenters. The first-order valence-electron chi connectivity index (χ1n) is 10.7. The third-order valence-electron chi connectivity index (χ3n) is 5.09. The summed E-state index contributed by atoms with van der Waals surface area (Å²) in [5, 5.41) is 6.94. The van der Waals surface area contributed by atoms with E-state index in [1.54, 1.807) is 42.6 Å². The van der Waals surface area contributed by atoms with Crippen LogP contribution in [0.1, 0.15) is 15.9 Å². The van der Waals surface area contributed by atoms with E-state index >= 15 is 0 Å². The molecule has 0 saturated carbocycles. The lowest BCUT2D eigenvalue weighted by atomic mass is 10.1. The molecule has 1 N–H and O–H groups in total. The topological polar surface area (TPSA) is 90.1 Å². The van der Waals surface area contributed by atoms with E-state index in [4.69, 9.17) is 9.26 Å². The van der Waals surface area contributed by atoms with Crippen LogP contribution in [0.25, 0.3) is 23.0 Å². The van der Waals surface area contributed by atoms with E-state index in [2.05, 4.69) is 20.4 Å². The average molecular weight is 448 g/mol. The highest BCUT2D eigenvalue weighted by atomic mass is 16.5. The molecule has 0 aliphatic carbocycles. The van der Waals surface area contributed by atoms with Gasteiger partial charge in [-0.1, -0.05) is 53.7 Å². The van der Waals surface area contributed by atoms with Crippen LogP contribution >= 0.6 is 0 Å². The molecule has 0 aliphatic rings.